The van der Waals surface area contributed by atoms with E-state index in [0.29, 0.717) is 6.04 Å². The first-order chi connectivity index (χ1) is 7.33. The summed E-state index contributed by atoms with van der Waals surface area (Å²) in [6, 6.07) is 0.669. The van der Waals surface area contributed by atoms with Crippen molar-refractivity contribution in [1.29, 1.82) is 0 Å². The Bertz CT molecular complexity index is 307. The summed E-state index contributed by atoms with van der Waals surface area (Å²) in [7, 11) is 2.05. The third-order valence-corrected chi connectivity index (χ3v) is 3.21. The average molecular weight is 208 g/mol. The molecular weight excluding hydrogens is 188 g/mol. The number of rotatable bonds is 4. The van der Waals surface area contributed by atoms with Crippen molar-refractivity contribution in [3.05, 3.63) is 18.2 Å². The third kappa shape index (κ3) is 2.38. The molecule has 1 aliphatic rings. The van der Waals surface area contributed by atoms with Gasteiger partial charge in [-0.15, -0.1) is 0 Å². The van der Waals surface area contributed by atoms with Gasteiger partial charge in [-0.2, -0.15) is 0 Å². The highest BCUT2D eigenvalue weighted by Gasteiger charge is 2.21. The molecule has 1 N–H and O–H groups in total. The molecule has 1 atom stereocenters. The molecule has 1 aromatic rings. The van der Waals surface area contributed by atoms with E-state index in [0.717, 1.165) is 19.6 Å². The molecule has 0 spiro atoms. The molecule has 1 fully saturated rings. The fourth-order valence-corrected chi connectivity index (χ4v) is 2.21. The van der Waals surface area contributed by atoms with Crippen molar-refractivity contribution in [2.75, 3.05) is 20.1 Å². The normalized spacial score (nSPS) is 22.4. The van der Waals surface area contributed by atoms with E-state index >= 15 is 0 Å². The lowest BCUT2D eigenvalue weighted by Crippen LogP contribution is -2.29. The van der Waals surface area contributed by atoms with Crippen LogP contribution in [-0.2, 0) is 13.1 Å². The number of likely N-dealkylation sites (tertiary alicyclic amines) is 1. The van der Waals surface area contributed by atoms with Crippen LogP contribution in [0, 0.1) is 0 Å². The predicted molar refractivity (Wildman–Crippen MR) is 60.6 cm³/mol. The Morgan fingerprint density at radius 3 is 3.13 bits per heavy atom. The van der Waals surface area contributed by atoms with Gasteiger partial charge in [0, 0.05) is 38.4 Å². The summed E-state index contributed by atoms with van der Waals surface area (Å²) >= 11 is 0. The van der Waals surface area contributed by atoms with Crippen molar-refractivity contribution < 1.29 is 0 Å². The maximum Gasteiger partial charge on any atom is 0.0948 e. The molecule has 0 aliphatic carbocycles. The summed E-state index contributed by atoms with van der Waals surface area (Å²) in [4.78, 5) is 6.69. The summed E-state index contributed by atoms with van der Waals surface area (Å²) in [5, 5.41) is 3.34. The van der Waals surface area contributed by atoms with Gasteiger partial charge in [0.15, 0.2) is 0 Å². The van der Waals surface area contributed by atoms with Crippen LogP contribution in [0.15, 0.2) is 12.5 Å². The van der Waals surface area contributed by atoms with Gasteiger partial charge in [-0.25, -0.2) is 4.98 Å². The van der Waals surface area contributed by atoms with Crippen LogP contribution in [0.4, 0.5) is 0 Å². The highest BCUT2D eigenvalue weighted by atomic mass is 15.2. The Morgan fingerprint density at radius 2 is 2.47 bits per heavy atom. The number of hydrogen-bond donors (Lipinski definition) is 1. The molecule has 1 aromatic heterocycles. The number of nitrogens with zero attached hydrogens (tertiary/aromatic N) is 3. The van der Waals surface area contributed by atoms with Gasteiger partial charge in [0.05, 0.1) is 12.0 Å². The Labute approximate surface area is 91.3 Å². The van der Waals surface area contributed by atoms with Crippen LogP contribution >= 0.6 is 0 Å². The standard InChI is InChI=1S/C11H20N4/c1-3-15-9-13-6-11(15)8-14-5-4-10(7-14)12-2/h6,9-10,12H,3-5,7-8H2,1-2H3. The zero-order chi connectivity index (χ0) is 10.7. The molecular formula is C11H20N4. The number of nitrogens with one attached hydrogen (secondary N) is 1. The number of hydrogen-bond acceptors (Lipinski definition) is 3. The number of imidazole rings is 1. The second-order valence-electron chi connectivity index (χ2n) is 4.18. The van der Waals surface area contributed by atoms with Gasteiger partial charge in [0.2, 0.25) is 0 Å². The summed E-state index contributed by atoms with van der Waals surface area (Å²) in [6.45, 7) is 6.56. The van der Waals surface area contributed by atoms with Crippen LogP contribution in [0.2, 0.25) is 0 Å². The minimum absolute atomic E-state index is 0.669. The lowest BCUT2D eigenvalue weighted by molar-refractivity contribution is 0.313. The van der Waals surface area contributed by atoms with Gasteiger partial charge in [-0.05, 0) is 20.4 Å². The van der Waals surface area contributed by atoms with Crippen molar-refractivity contribution >= 4 is 0 Å². The fraction of sp³-hybridized carbons (Fsp3) is 0.727. The molecule has 0 aromatic carbocycles. The zero-order valence-electron chi connectivity index (χ0n) is 9.61. The van der Waals surface area contributed by atoms with Gasteiger partial charge >= 0.3 is 0 Å². The molecule has 0 amide bonds. The Morgan fingerprint density at radius 1 is 1.60 bits per heavy atom. The van der Waals surface area contributed by atoms with Gasteiger partial charge in [-0.3, -0.25) is 4.90 Å². The molecule has 2 rings (SSSR count). The van der Waals surface area contributed by atoms with Crippen LogP contribution in [0.1, 0.15) is 19.0 Å². The van der Waals surface area contributed by atoms with Crippen LogP contribution < -0.4 is 5.32 Å². The van der Waals surface area contributed by atoms with E-state index in [-0.39, 0.29) is 0 Å². The van der Waals surface area contributed by atoms with Gasteiger partial charge in [0.25, 0.3) is 0 Å². The molecule has 1 aliphatic heterocycles. The largest absolute Gasteiger partial charge is 0.334 e. The molecule has 84 valence electrons. The Balaban J connectivity index is 1.92. The SMILES string of the molecule is CCn1cncc1CN1CCC(NC)C1. The molecule has 0 saturated carbocycles. The first-order valence-corrected chi connectivity index (χ1v) is 5.72. The summed E-state index contributed by atoms with van der Waals surface area (Å²) in [5.41, 5.74) is 1.33. The number of aryl methyl sites for hydroxylation is 1. The van der Waals surface area contributed by atoms with Crippen molar-refractivity contribution in [1.82, 2.24) is 19.8 Å². The highest BCUT2D eigenvalue weighted by molar-refractivity contribution is 4.99. The van der Waals surface area contributed by atoms with E-state index in [2.05, 4.69) is 26.7 Å². The van der Waals surface area contributed by atoms with Gasteiger partial charge in [0.1, 0.15) is 0 Å². The van der Waals surface area contributed by atoms with Crippen LogP contribution in [0.25, 0.3) is 0 Å². The van der Waals surface area contributed by atoms with E-state index in [9.17, 15) is 0 Å². The second kappa shape index (κ2) is 4.77. The smallest absolute Gasteiger partial charge is 0.0948 e. The summed E-state index contributed by atoms with van der Waals surface area (Å²) in [5.74, 6) is 0. The molecule has 4 heteroatoms. The molecule has 1 saturated heterocycles. The molecule has 1 unspecified atom stereocenters. The Hall–Kier alpha value is -0.870. The molecule has 0 radical (unpaired) electrons. The first kappa shape index (κ1) is 10.6. The monoisotopic (exact) mass is 208 g/mol. The van der Waals surface area contributed by atoms with E-state index < -0.39 is 0 Å². The second-order valence-corrected chi connectivity index (χ2v) is 4.18. The molecule has 4 nitrogen and oxygen atoms in total. The molecule has 15 heavy (non-hydrogen) atoms. The fourth-order valence-electron chi connectivity index (χ4n) is 2.21. The van der Waals surface area contributed by atoms with Gasteiger partial charge in [-0.1, -0.05) is 0 Å². The minimum Gasteiger partial charge on any atom is -0.334 e. The number of likely N-dealkylation sites (N-methyl/N-ethyl adjacent to an activating group) is 1. The average Bonchev–Trinajstić information content (AvgIpc) is 2.87. The lowest BCUT2D eigenvalue weighted by Gasteiger charge is -2.16. The highest BCUT2D eigenvalue weighted by Crippen LogP contribution is 2.12. The van der Waals surface area contributed by atoms with Crippen LogP contribution in [0.3, 0.4) is 0 Å². The molecule has 2 heterocycles. The predicted octanol–water partition coefficient (Wildman–Crippen LogP) is 0.697. The third-order valence-electron chi connectivity index (χ3n) is 3.21. The number of aromatic nitrogens is 2. The van der Waals surface area contributed by atoms with Crippen molar-refractivity contribution in [2.45, 2.75) is 32.5 Å². The topological polar surface area (TPSA) is 33.1 Å². The Kier molecular flexibility index (Phi) is 3.38. The zero-order valence-corrected chi connectivity index (χ0v) is 9.61. The van der Waals surface area contributed by atoms with E-state index in [1.54, 1.807) is 0 Å². The van der Waals surface area contributed by atoms with E-state index in [4.69, 9.17) is 0 Å². The first-order valence-electron chi connectivity index (χ1n) is 5.72. The maximum atomic E-state index is 4.19. The van der Waals surface area contributed by atoms with Crippen molar-refractivity contribution in [3.8, 4) is 0 Å². The van der Waals surface area contributed by atoms with Crippen LogP contribution in [-0.4, -0.2) is 40.6 Å². The quantitative estimate of drug-likeness (QED) is 0.790. The summed E-state index contributed by atoms with van der Waals surface area (Å²) in [6.07, 6.45) is 5.16. The van der Waals surface area contributed by atoms with Crippen molar-refractivity contribution in [3.63, 3.8) is 0 Å². The van der Waals surface area contributed by atoms with Gasteiger partial charge < -0.3 is 9.88 Å². The van der Waals surface area contributed by atoms with Crippen LogP contribution in [0.5, 0.6) is 0 Å². The van der Waals surface area contributed by atoms with Crippen molar-refractivity contribution in [2.24, 2.45) is 0 Å². The molecule has 0 bridgehead atoms. The van der Waals surface area contributed by atoms with E-state index in [1.807, 2.05) is 19.6 Å². The lowest BCUT2D eigenvalue weighted by atomic mass is 10.3. The summed E-state index contributed by atoms with van der Waals surface area (Å²) < 4.78 is 2.21. The van der Waals surface area contributed by atoms with E-state index in [1.165, 1.54) is 18.7 Å². The minimum atomic E-state index is 0.669. The maximum absolute atomic E-state index is 4.19.